The second kappa shape index (κ2) is 5.95. The molecule has 1 N–H and O–H groups in total. The zero-order valence-electron chi connectivity index (χ0n) is 11.2. The summed E-state index contributed by atoms with van der Waals surface area (Å²) in [7, 11) is 0. The number of rotatable bonds is 5. The first-order valence-corrected chi connectivity index (χ1v) is 7.92. The summed E-state index contributed by atoms with van der Waals surface area (Å²) in [5.41, 5.74) is 1.96. The standard InChI is InChI=1S/C15H16ClN3S/c1-2-13(14-4-3-7-20-14)17-8-12-10-19-9-11(16)5-6-15(19)18-12/h3-7,9-10,13,17H,2,8H2,1H3. The monoisotopic (exact) mass is 305 g/mol. The second-order valence-electron chi connectivity index (χ2n) is 4.70. The summed E-state index contributed by atoms with van der Waals surface area (Å²) in [5.74, 6) is 0. The lowest BCUT2D eigenvalue weighted by Crippen LogP contribution is -2.19. The molecule has 0 radical (unpaired) electrons. The predicted molar refractivity (Wildman–Crippen MR) is 84.4 cm³/mol. The van der Waals surface area contributed by atoms with Gasteiger partial charge in [-0.3, -0.25) is 0 Å². The van der Waals surface area contributed by atoms with Crippen LogP contribution in [0.4, 0.5) is 0 Å². The minimum atomic E-state index is 0.392. The Morgan fingerprint density at radius 2 is 2.25 bits per heavy atom. The highest BCUT2D eigenvalue weighted by molar-refractivity contribution is 7.10. The molecule has 3 aromatic rings. The lowest BCUT2D eigenvalue weighted by atomic mass is 10.2. The SMILES string of the molecule is CCC(NCc1cn2cc(Cl)ccc2n1)c1cccs1. The molecular weight excluding hydrogens is 290 g/mol. The summed E-state index contributed by atoms with van der Waals surface area (Å²) in [6.45, 7) is 2.95. The van der Waals surface area contributed by atoms with Crippen LogP contribution in [-0.2, 0) is 6.54 Å². The highest BCUT2D eigenvalue weighted by Crippen LogP contribution is 2.22. The zero-order valence-corrected chi connectivity index (χ0v) is 12.8. The summed E-state index contributed by atoms with van der Waals surface area (Å²) < 4.78 is 1.96. The van der Waals surface area contributed by atoms with Gasteiger partial charge in [-0.05, 0) is 30.0 Å². The summed E-state index contributed by atoms with van der Waals surface area (Å²) >= 11 is 7.77. The second-order valence-corrected chi connectivity index (χ2v) is 6.12. The van der Waals surface area contributed by atoms with Gasteiger partial charge in [0.2, 0.25) is 0 Å². The number of nitrogens with zero attached hydrogens (tertiary/aromatic N) is 2. The van der Waals surface area contributed by atoms with Crippen LogP contribution in [0, 0.1) is 0 Å². The van der Waals surface area contributed by atoms with Crippen LogP contribution in [0.2, 0.25) is 5.02 Å². The predicted octanol–water partition coefficient (Wildman–Crippen LogP) is 4.29. The molecule has 3 rings (SSSR count). The van der Waals surface area contributed by atoms with Gasteiger partial charge in [-0.25, -0.2) is 4.98 Å². The minimum Gasteiger partial charge on any atom is -0.305 e. The molecule has 3 heterocycles. The minimum absolute atomic E-state index is 0.392. The average Bonchev–Trinajstić information content (AvgIpc) is 3.08. The number of imidazole rings is 1. The molecule has 3 aromatic heterocycles. The number of halogens is 1. The quantitative estimate of drug-likeness (QED) is 0.762. The van der Waals surface area contributed by atoms with E-state index in [-0.39, 0.29) is 0 Å². The van der Waals surface area contributed by atoms with Gasteiger partial charge in [0.05, 0.1) is 10.7 Å². The normalized spacial score (nSPS) is 12.9. The molecule has 0 aromatic carbocycles. The van der Waals surface area contributed by atoms with E-state index in [1.807, 2.05) is 28.9 Å². The lowest BCUT2D eigenvalue weighted by molar-refractivity contribution is 0.522. The van der Waals surface area contributed by atoms with Crippen molar-refractivity contribution in [2.45, 2.75) is 25.9 Å². The van der Waals surface area contributed by atoms with E-state index >= 15 is 0 Å². The maximum atomic E-state index is 5.98. The van der Waals surface area contributed by atoms with E-state index < -0.39 is 0 Å². The molecule has 0 saturated carbocycles. The molecule has 0 spiro atoms. The van der Waals surface area contributed by atoms with E-state index in [2.05, 4.69) is 34.7 Å². The smallest absolute Gasteiger partial charge is 0.137 e. The molecule has 5 heteroatoms. The zero-order chi connectivity index (χ0) is 13.9. The highest BCUT2D eigenvalue weighted by atomic mass is 35.5. The van der Waals surface area contributed by atoms with Crippen LogP contribution in [0.15, 0.2) is 42.0 Å². The van der Waals surface area contributed by atoms with Gasteiger partial charge >= 0.3 is 0 Å². The number of hydrogen-bond donors (Lipinski definition) is 1. The molecule has 0 aliphatic rings. The van der Waals surface area contributed by atoms with Crippen LogP contribution in [0.3, 0.4) is 0 Å². The van der Waals surface area contributed by atoms with Crippen molar-refractivity contribution in [1.29, 1.82) is 0 Å². The average molecular weight is 306 g/mol. The van der Waals surface area contributed by atoms with E-state index in [1.54, 1.807) is 11.3 Å². The van der Waals surface area contributed by atoms with Crippen molar-refractivity contribution >= 4 is 28.6 Å². The molecule has 20 heavy (non-hydrogen) atoms. The van der Waals surface area contributed by atoms with Gasteiger partial charge in [0, 0.05) is 29.9 Å². The summed E-state index contributed by atoms with van der Waals surface area (Å²) in [6, 6.07) is 8.46. The third kappa shape index (κ3) is 2.87. The van der Waals surface area contributed by atoms with E-state index in [0.29, 0.717) is 6.04 Å². The third-order valence-corrected chi connectivity index (χ3v) is 4.50. The van der Waals surface area contributed by atoms with E-state index in [0.717, 1.165) is 29.3 Å². The van der Waals surface area contributed by atoms with E-state index in [9.17, 15) is 0 Å². The molecular formula is C15H16ClN3S. The number of thiophene rings is 1. The van der Waals surface area contributed by atoms with Crippen molar-refractivity contribution in [2.75, 3.05) is 0 Å². The molecule has 104 valence electrons. The van der Waals surface area contributed by atoms with Gasteiger partial charge < -0.3 is 9.72 Å². The maximum absolute atomic E-state index is 5.98. The van der Waals surface area contributed by atoms with Crippen molar-refractivity contribution < 1.29 is 0 Å². The Kier molecular flexibility index (Phi) is 4.05. The van der Waals surface area contributed by atoms with Gasteiger partial charge in [0.15, 0.2) is 0 Å². The van der Waals surface area contributed by atoms with Crippen molar-refractivity contribution in [2.24, 2.45) is 0 Å². The van der Waals surface area contributed by atoms with Gasteiger partial charge in [0.1, 0.15) is 5.65 Å². The highest BCUT2D eigenvalue weighted by Gasteiger charge is 2.10. The summed E-state index contributed by atoms with van der Waals surface area (Å²) in [5, 5.41) is 6.40. The van der Waals surface area contributed by atoms with Gasteiger partial charge in [0.25, 0.3) is 0 Å². The number of aromatic nitrogens is 2. The molecule has 0 fully saturated rings. The van der Waals surface area contributed by atoms with Crippen LogP contribution >= 0.6 is 22.9 Å². The van der Waals surface area contributed by atoms with Gasteiger partial charge in [-0.2, -0.15) is 0 Å². The number of hydrogen-bond acceptors (Lipinski definition) is 3. The van der Waals surface area contributed by atoms with Crippen molar-refractivity contribution in [3.05, 3.63) is 57.6 Å². The van der Waals surface area contributed by atoms with Crippen LogP contribution in [0.25, 0.3) is 5.65 Å². The molecule has 3 nitrogen and oxygen atoms in total. The Balaban J connectivity index is 1.73. The molecule has 1 atom stereocenters. The molecule has 1 unspecified atom stereocenters. The van der Waals surface area contributed by atoms with Crippen LogP contribution in [0.1, 0.15) is 30.0 Å². The molecule has 0 bridgehead atoms. The van der Waals surface area contributed by atoms with Crippen molar-refractivity contribution in [3.63, 3.8) is 0 Å². The van der Waals surface area contributed by atoms with Crippen LogP contribution in [0.5, 0.6) is 0 Å². The maximum Gasteiger partial charge on any atom is 0.137 e. The number of nitrogens with one attached hydrogen (secondary N) is 1. The Bertz CT molecular complexity index is 690. The topological polar surface area (TPSA) is 29.3 Å². The van der Waals surface area contributed by atoms with Crippen molar-refractivity contribution in [1.82, 2.24) is 14.7 Å². The first-order valence-electron chi connectivity index (χ1n) is 6.66. The largest absolute Gasteiger partial charge is 0.305 e. The van der Waals surface area contributed by atoms with Gasteiger partial charge in [-0.1, -0.05) is 24.6 Å². The first-order chi connectivity index (χ1) is 9.76. The molecule has 0 saturated heterocycles. The lowest BCUT2D eigenvalue weighted by Gasteiger charge is -2.14. The van der Waals surface area contributed by atoms with E-state index in [4.69, 9.17) is 11.6 Å². The Morgan fingerprint density at radius 3 is 3.00 bits per heavy atom. The fourth-order valence-electron chi connectivity index (χ4n) is 2.27. The van der Waals surface area contributed by atoms with Crippen molar-refractivity contribution in [3.8, 4) is 0 Å². The number of fused-ring (bicyclic) bond motifs is 1. The Labute approximate surface area is 127 Å². The van der Waals surface area contributed by atoms with Gasteiger partial charge in [-0.15, -0.1) is 11.3 Å². The van der Waals surface area contributed by atoms with E-state index in [1.165, 1.54) is 4.88 Å². The van der Waals surface area contributed by atoms with Crippen LogP contribution < -0.4 is 5.32 Å². The van der Waals surface area contributed by atoms with Crippen LogP contribution in [-0.4, -0.2) is 9.38 Å². The number of pyridine rings is 1. The fraction of sp³-hybridized carbons (Fsp3) is 0.267. The molecule has 0 amide bonds. The fourth-order valence-corrected chi connectivity index (χ4v) is 3.32. The third-order valence-electron chi connectivity index (χ3n) is 3.29. The molecule has 0 aliphatic carbocycles. The Morgan fingerprint density at radius 1 is 1.35 bits per heavy atom. The first kappa shape index (κ1) is 13.6. The Hall–Kier alpha value is -1.36. The summed E-state index contributed by atoms with van der Waals surface area (Å²) in [4.78, 5) is 5.96. The molecule has 0 aliphatic heterocycles. The summed E-state index contributed by atoms with van der Waals surface area (Å²) in [6.07, 6.45) is 4.97.